The van der Waals surface area contributed by atoms with E-state index in [0.29, 0.717) is 12.1 Å². The van der Waals surface area contributed by atoms with Crippen LogP contribution in [-0.2, 0) is 6.54 Å². The smallest absolute Gasteiger partial charge is 0.0344 e. The van der Waals surface area contributed by atoms with E-state index in [1.807, 2.05) is 0 Å². The number of likely N-dealkylation sites (tertiary alicyclic amines) is 1. The lowest BCUT2D eigenvalue weighted by Gasteiger charge is -2.35. The topological polar surface area (TPSA) is 41.3 Å². The van der Waals surface area contributed by atoms with Crippen molar-refractivity contribution in [1.82, 2.24) is 10.2 Å². The zero-order valence-electron chi connectivity index (χ0n) is 14.2. The molecule has 0 spiro atoms. The van der Waals surface area contributed by atoms with Crippen LogP contribution in [0.25, 0.3) is 0 Å². The molecule has 1 saturated heterocycles. The van der Waals surface area contributed by atoms with E-state index in [-0.39, 0.29) is 6.04 Å². The van der Waals surface area contributed by atoms with Gasteiger partial charge in [0.2, 0.25) is 0 Å². The van der Waals surface area contributed by atoms with E-state index in [2.05, 4.69) is 64.8 Å². The number of benzene rings is 2. The van der Waals surface area contributed by atoms with Crippen molar-refractivity contribution < 1.29 is 0 Å². The Kier molecular flexibility index (Phi) is 4.65. The van der Waals surface area contributed by atoms with Crippen LogP contribution in [0, 0.1) is 0 Å². The van der Waals surface area contributed by atoms with E-state index in [9.17, 15) is 0 Å². The second-order valence-electron chi connectivity index (χ2n) is 7.25. The van der Waals surface area contributed by atoms with Crippen molar-refractivity contribution in [2.75, 3.05) is 13.1 Å². The van der Waals surface area contributed by atoms with Crippen molar-refractivity contribution in [3.63, 3.8) is 0 Å². The maximum Gasteiger partial charge on any atom is 0.0344 e. The van der Waals surface area contributed by atoms with Crippen LogP contribution in [0.15, 0.2) is 54.6 Å². The van der Waals surface area contributed by atoms with Gasteiger partial charge in [-0.05, 0) is 42.5 Å². The summed E-state index contributed by atoms with van der Waals surface area (Å²) < 4.78 is 0. The molecule has 3 unspecified atom stereocenters. The molecule has 2 aliphatic rings. The molecule has 1 heterocycles. The maximum atomic E-state index is 6.32. The van der Waals surface area contributed by atoms with Crippen LogP contribution in [0.3, 0.4) is 0 Å². The second kappa shape index (κ2) is 7.06. The van der Waals surface area contributed by atoms with Gasteiger partial charge in [-0.25, -0.2) is 0 Å². The van der Waals surface area contributed by atoms with E-state index in [0.717, 1.165) is 19.5 Å². The fourth-order valence-corrected chi connectivity index (χ4v) is 4.29. The van der Waals surface area contributed by atoms with Gasteiger partial charge in [0.15, 0.2) is 0 Å². The number of fused-ring (bicyclic) bond motifs is 1. The van der Waals surface area contributed by atoms with E-state index >= 15 is 0 Å². The number of hydrogen-bond donors (Lipinski definition) is 2. The molecule has 1 aliphatic heterocycles. The molecule has 3 heteroatoms. The summed E-state index contributed by atoms with van der Waals surface area (Å²) in [5.41, 5.74) is 10.5. The van der Waals surface area contributed by atoms with Crippen molar-refractivity contribution in [3.05, 3.63) is 71.3 Å². The Morgan fingerprint density at radius 3 is 2.58 bits per heavy atom. The van der Waals surface area contributed by atoms with Crippen LogP contribution in [0.1, 0.15) is 48.0 Å². The highest BCUT2D eigenvalue weighted by molar-refractivity contribution is 5.37. The first-order chi connectivity index (χ1) is 11.8. The number of nitrogens with two attached hydrogens (primary N) is 1. The number of nitrogens with one attached hydrogen (secondary N) is 1. The average molecular weight is 321 g/mol. The predicted molar refractivity (Wildman–Crippen MR) is 98.6 cm³/mol. The molecule has 3 atom stereocenters. The fraction of sp³-hybridized carbons (Fsp3) is 0.429. The number of rotatable bonds is 4. The van der Waals surface area contributed by atoms with Gasteiger partial charge in [0.25, 0.3) is 0 Å². The molecule has 126 valence electrons. The lowest BCUT2D eigenvalue weighted by Crippen LogP contribution is -2.46. The lowest BCUT2D eigenvalue weighted by atomic mass is 10.0. The van der Waals surface area contributed by atoms with Crippen LogP contribution in [0.2, 0.25) is 0 Å². The molecule has 4 rings (SSSR count). The highest BCUT2D eigenvalue weighted by Gasteiger charge is 2.31. The first-order valence-corrected chi connectivity index (χ1v) is 9.16. The van der Waals surface area contributed by atoms with Crippen molar-refractivity contribution in [3.8, 4) is 0 Å². The quantitative estimate of drug-likeness (QED) is 0.907. The van der Waals surface area contributed by atoms with Crippen LogP contribution < -0.4 is 11.1 Å². The monoisotopic (exact) mass is 321 g/mol. The van der Waals surface area contributed by atoms with E-state index in [1.165, 1.54) is 36.1 Å². The van der Waals surface area contributed by atoms with Gasteiger partial charge in [0.05, 0.1) is 0 Å². The summed E-state index contributed by atoms with van der Waals surface area (Å²) >= 11 is 0. The van der Waals surface area contributed by atoms with Gasteiger partial charge in [-0.15, -0.1) is 0 Å². The van der Waals surface area contributed by atoms with E-state index in [4.69, 9.17) is 5.73 Å². The minimum atomic E-state index is 0.183. The van der Waals surface area contributed by atoms with Gasteiger partial charge in [-0.2, -0.15) is 0 Å². The first-order valence-electron chi connectivity index (χ1n) is 9.16. The van der Waals surface area contributed by atoms with Crippen LogP contribution in [0.5, 0.6) is 0 Å². The van der Waals surface area contributed by atoms with Crippen molar-refractivity contribution in [2.24, 2.45) is 5.73 Å². The number of nitrogens with zero attached hydrogens (tertiary/aromatic N) is 1. The Morgan fingerprint density at radius 2 is 1.75 bits per heavy atom. The molecule has 1 aliphatic carbocycles. The Morgan fingerprint density at radius 1 is 1.00 bits per heavy atom. The highest BCUT2D eigenvalue weighted by atomic mass is 15.2. The minimum Gasteiger partial charge on any atom is -0.324 e. The Balaban J connectivity index is 1.39. The standard InChI is InChI=1S/C21H27N3/c22-20-13-21(19-11-5-4-10-18(19)20)23-17-9-6-12-24(15-17)14-16-7-2-1-3-8-16/h1-5,7-8,10-11,17,20-21,23H,6,9,12-15,22H2. The van der Waals surface area contributed by atoms with Gasteiger partial charge in [0.1, 0.15) is 0 Å². The Hall–Kier alpha value is -1.68. The SMILES string of the molecule is NC1CC(NC2CCCN(Cc3ccccc3)C2)c2ccccc21. The molecule has 24 heavy (non-hydrogen) atoms. The third-order valence-corrected chi connectivity index (χ3v) is 5.45. The molecule has 0 amide bonds. The number of piperidine rings is 1. The molecular formula is C21H27N3. The summed E-state index contributed by atoms with van der Waals surface area (Å²) in [5, 5.41) is 3.90. The van der Waals surface area contributed by atoms with Gasteiger partial charge in [0, 0.05) is 31.2 Å². The third-order valence-electron chi connectivity index (χ3n) is 5.45. The largest absolute Gasteiger partial charge is 0.324 e. The van der Waals surface area contributed by atoms with Crippen LogP contribution in [0.4, 0.5) is 0 Å². The molecule has 2 aromatic rings. The Bertz CT molecular complexity index is 670. The second-order valence-corrected chi connectivity index (χ2v) is 7.25. The first kappa shape index (κ1) is 15.8. The molecular weight excluding hydrogens is 294 g/mol. The molecule has 3 nitrogen and oxygen atoms in total. The predicted octanol–water partition coefficient (Wildman–Crippen LogP) is 3.39. The normalized spacial score (nSPS) is 27.1. The summed E-state index contributed by atoms with van der Waals surface area (Å²) in [5.74, 6) is 0. The van der Waals surface area contributed by atoms with Crippen molar-refractivity contribution in [1.29, 1.82) is 0 Å². The number of hydrogen-bond acceptors (Lipinski definition) is 3. The third kappa shape index (κ3) is 3.39. The molecule has 0 bridgehead atoms. The summed E-state index contributed by atoms with van der Waals surface area (Å²) in [6.45, 7) is 3.39. The highest BCUT2D eigenvalue weighted by Crippen LogP contribution is 2.37. The molecule has 0 aromatic heterocycles. The summed E-state index contributed by atoms with van der Waals surface area (Å²) in [7, 11) is 0. The van der Waals surface area contributed by atoms with Crippen molar-refractivity contribution in [2.45, 2.75) is 43.9 Å². The molecule has 3 N–H and O–H groups in total. The molecule has 0 saturated carbocycles. The molecule has 2 aromatic carbocycles. The van der Waals surface area contributed by atoms with Gasteiger partial charge < -0.3 is 11.1 Å². The minimum absolute atomic E-state index is 0.183. The Labute approximate surface area is 144 Å². The van der Waals surface area contributed by atoms with E-state index in [1.54, 1.807) is 0 Å². The maximum absolute atomic E-state index is 6.32. The summed E-state index contributed by atoms with van der Waals surface area (Å²) in [4.78, 5) is 2.58. The summed E-state index contributed by atoms with van der Waals surface area (Å²) in [6.07, 6.45) is 3.55. The fourth-order valence-electron chi connectivity index (χ4n) is 4.29. The van der Waals surface area contributed by atoms with Crippen molar-refractivity contribution >= 4 is 0 Å². The van der Waals surface area contributed by atoms with Gasteiger partial charge in [-0.1, -0.05) is 54.6 Å². The lowest BCUT2D eigenvalue weighted by molar-refractivity contribution is 0.175. The van der Waals surface area contributed by atoms with E-state index < -0.39 is 0 Å². The summed E-state index contributed by atoms with van der Waals surface area (Å²) in [6, 6.07) is 20.6. The van der Waals surface area contributed by atoms with Crippen LogP contribution in [-0.4, -0.2) is 24.0 Å². The molecule has 1 fully saturated rings. The van der Waals surface area contributed by atoms with Crippen LogP contribution >= 0.6 is 0 Å². The molecule has 0 radical (unpaired) electrons. The van der Waals surface area contributed by atoms with Gasteiger partial charge in [-0.3, -0.25) is 4.90 Å². The zero-order valence-corrected chi connectivity index (χ0v) is 14.2. The average Bonchev–Trinajstić information content (AvgIpc) is 2.93. The zero-order chi connectivity index (χ0) is 16.4. The van der Waals surface area contributed by atoms with Gasteiger partial charge >= 0.3 is 0 Å².